The molecule has 0 atom stereocenters. The summed E-state index contributed by atoms with van der Waals surface area (Å²) in [4.78, 5) is 12.3. The fourth-order valence-electron chi connectivity index (χ4n) is 2.52. The predicted octanol–water partition coefficient (Wildman–Crippen LogP) is 4.10. The molecule has 4 rings (SSSR count). The first-order valence-corrected chi connectivity index (χ1v) is 8.23. The van der Waals surface area contributed by atoms with E-state index in [4.69, 9.17) is 21.6 Å². The topological polar surface area (TPSA) is 83.7 Å². The number of pyridine rings is 1. The molecule has 0 saturated heterocycles. The maximum absolute atomic E-state index is 9.13. The van der Waals surface area contributed by atoms with E-state index in [1.165, 1.54) is 0 Å². The largest absolute Gasteiger partial charge is 0.492 e. The molecule has 0 bridgehead atoms. The number of halogens is 1. The number of fused-ring (bicyclic) bond motifs is 1. The Morgan fingerprint density at radius 2 is 2.00 bits per heavy atom. The van der Waals surface area contributed by atoms with Crippen molar-refractivity contribution in [3.63, 3.8) is 0 Å². The molecule has 0 radical (unpaired) electrons. The smallest absolute Gasteiger partial charge is 0.222 e. The Morgan fingerprint density at radius 3 is 2.72 bits per heavy atom. The van der Waals surface area contributed by atoms with Gasteiger partial charge < -0.3 is 10.1 Å². The monoisotopic (exact) mass is 351 g/mol. The Labute approximate surface area is 149 Å². The van der Waals surface area contributed by atoms with Gasteiger partial charge >= 0.3 is 0 Å². The number of anilines is 2. The van der Waals surface area contributed by atoms with Crippen LogP contribution in [-0.2, 0) is 0 Å². The van der Waals surface area contributed by atoms with Crippen LogP contribution in [0.15, 0.2) is 42.9 Å². The third-order valence-electron chi connectivity index (χ3n) is 4.22. The molecule has 1 aliphatic carbocycles. The molecule has 1 aliphatic rings. The fraction of sp³-hybridized carbons (Fsp3) is 0.222. The Kier molecular flexibility index (Phi) is 3.86. The molecular weight excluding hydrogens is 338 g/mol. The van der Waals surface area contributed by atoms with Crippen molar-refractivity contribution < 1.29 is 4.74 Å². The van der Waals surface area contributed by atoms with Gasteiger partial charge in [0.1, 0.15) is 18.2 Å². The number of nitrogens with zero attached hydrogens (tertiary/aromatic N) is 4. The van der Waals surface area contributed by atoms with E-state index >= 15 is 0 Å². The van der Waals surface area contributed by atoms with E-state index in [-0.39, 0.29) is 10.7 Å². The quantitative estimate of drug-likeness (QED) is 0.696. The first-order valence-electron chi connectivity index (χ1n) is 7.85. The molecule has 3 aromatic rings. The highest BCUT2D eigenvalue weighted by molar-refractivity contribution is 6.28. The van der Waals surface area contributed by atoms with Crippen LogP contribution in [0, 0.1) is 16.7 Å². The average Bonchev–Trinajstić information content (AvgIpc) is 3.42. The van der Waals surface area contributed by atoms with Crippen molar-refractivity contribution in [2.45, 2.75) is 12.8 Å². The summed E-state index contributed by atoms with van der Waals surface area (Å²) in [6.07, 6.45) is 6.76. The molecule has 1 aromatic carbocycles. The maximum Gasteiger partial charge on any atom is 0.222 e. The van der Waals surface area contributed by atoms with E-state index < -0.39 is 0 Å². The summed E-state index contributed by atoms with van der Waals surface area (Å²) in [7, 11) is 0. The second kappa shape index (κ2) is 6.19. The van der Waals surface area contributed by atoms with Gasteiger partial charge in [0.25, 0.3) is 0 Å². The summed E-state index contributed by atoms with van der Waals surface area (Å²) in [6.45, 7) is 0.438. The van der Waals surface area contributed by atoms with E-state index in [1.807, 2.05) is 24.3 Å². The molecule has 0 amide bonds. The zero-order valence-electron chi connectivity index (χ0n) is 13.2. The van der Waals surface area contributed by atoms with E-state index in [9.17, 15) is 0 Å². The van der Waals surface area contributed by atoms with Crippen molar-refractivity contribution in [3.8, 4) is 11.8 Å². The summed E-state index contributed by atoms with van der Waals surface area (Å²) >= 11 is 5.70. The first kappa shape index (κ1) is 15.6. The van der Waals surface area contributed by atoms with Gasteiger partial charge in [-0.25, -0.2) is 15.0 Å². The Balaban J connectivity index is 1.57. The van der Waals surface area contributed by atoms with Crippen molar-refractivity contribution >= 4 is 33.9 Å². The minimum atomic E-state index is -0.283. The lowest BCUT2D eigenvalue weighted by Gasteiger charge is -2.12. The van der Waals surface area contributed by atoms with Crippen molar-refractivity contribution in [2.75, 3.05) is 11.9 Å². The van der Waals surface area contributed by atoms with Gasteiger partial charge in [-0.2, -0.15) is 5.26 Å². The van der Waals surface area contributed by atoms with Crippen LogP contribution in [-0.4, -0.2) is 21.6 Å². The van der Waals surface area contributed by atoms with Crippen molar-refractivity contribution in [2.24, 2.45) is 5.41 Å². The number of rotatable bonds is 5. The van der Waals surface area contributed by atoms with Crippen LogP contribution < -0.4 is 10.1 Å². The molecule has 1 N–H and O–H groups in total. The molecule has 0 aliphatic heterocycles. The minimum absolute atomic E-state index is 0.198. The maximum atomic E-state index is 9.13. The van der Waals surface area contributed by atoms with Crippen LogP contribution in [0.25, 0.3) is 10.8 Å². The Bertz CT molecular complexity index is 963. The SMILES string of the molecule is N#CC1(COc2ccc3c(Nc4cnc(Cl)nc4)nccc3c2)CC1. The van der Waals surface area contributed by atoms with Gasteiger partial charge in [-0.3, -0.25) is 0 Å². The van der Waals surface area contributed by atoms with E-state index in [1.54, 1.807) is 18.6 Å². The summed E-state index contributed by atoms with van der Waals surface area (Å²) in [5.41, 5.74) is 0.420. The second-order valence-electron chi connectivity index (χ2n) is 6.09. The van der Waals surface area contributed by atoms with Crippen molar-refractivity contribution in [1.29, 1.82) is 5.26 Å². The number of hydrogen-bond donors (Lipinski definition) is 1. The van der Waals surface area contributed by atoms with Crippen LogP contribution in [0.3, 0.4) is 0 Å². The zero-order chi connectivity index (χ0) is 17.3. The first-order chi connectivity index (χ1) is 12.2. The van der Waals surface area contributed by atoms with Gasteiger partial charge in [0, 0.05) is 11.6 Å². The summed E-state index contributed by atoms with van der Waals surface area (Å²) < 4.78 is 5.81. The lowest BCUT2D eigenvalue weighted by atomic mass is 10.1. The fourth-order valence-corrected chi connectivity index (χ4v) is 2.62. The van der Waals surface area contributed by atoms with Gasteiger partial charge in [0.05, 0.1) is 29.6 Å². The van der Waals surface area contributed by atoms with Gasteiger partial charge in [-0.1, -0.05) is 0 Å². The number of aromatic nitrogens is 3. The van der Waals surface area contributed by atoms with Crippen molar-refractivity contribution in [1.82, 2.24) is 15.0 Å². The highest BCUT2D eigenvalue weighted by Crippen LogP contribution is 2.45. The minimum Gasteiger partial charge on any atom is -0.492 e. The average molecular weight is 352 g/mol. The van der Waals surface area contributed by atoms with Gasteiger partial charge in [-0.05, 0) is 54.1 Å². The van der Waals surface area contributed by atoms with E-state index in [2.05, 4.69) is 26.3 Å². The predicted molar refractivity (Wildman–Crippen MR) is 94.8 cm³/mol. The molecule has 2 heterocycles. The second-order valence-corrected chi connectivity index (χ2v) is 6.43. The van der Waals surface area contributed by atoms with Crippen LogP contribution in [0.1, 0.15) is 12.8 Å². The number of benzene rings is 1. The number of nitrogens with one attached hydrogen (secondary N) is 1. The molecule has 2 aromatic heterocycles. The lowest BCUT2D eigenvalue weighted by Crippen LogP contribution is -2.10. The van der Waals surface area contributed by atoms with Gasteiger partial charge in [0.15, 0.2) is 0 Å². The molecular formula is C18H14ClN5O. The molecule has 6 nitrogen and oxygen atoms in total. The molecule has 0 spiro atoms. The highest BCUT2D eigenvalue weighted by atomic mass is 35.5. The third kappa shape index (κ3) is 3.32. The number of hydrogen-bond acceptors (Lipinski definition) is 6. The molecule has 124 valence electrons. The van der Waals surface area contributed by atoms with E-state index in [0.717, 1.165) is 29.4 Å². The Hall–Kier alpha value is -2.91. The molecule has 0 unspecified atom stereocenters. The normalized spacial score (nSPS) is 14.7. The molecule has 7 heteroatoms. The third-order valence-corrected chi connectivity index (χ3v) is 4.42. The van der Waals surface area contributed by atoms with E-state index in [0.29, 0.717) is 18.1 Å². The van der Waals surface area contributed by atoms with Gasteiger partial charge in [-0.15, -0.1) is 0 Å². The molecule has 1 fully saturated rings. The van der Waals surface area contributed by atoms with Crippen LogP contribution in [0.5, 0.6) is 5.75 Å². The standard InChI is InChI=1S/C18H14ClN5O/c19-17-22-8-13(9-23-17)24-16-15-2-1-14(7-12(15)3-6-21-16)25-11-18(10-20)4-5-18/h1-3,6-9H,4-5,11H2,(H,21,24). The summed E-state index contributed by atoms with van der Waals surface area (Å²) in [5, 5.41) is 14.5. The van der Waals surface area contributed by atoms with Crippen LogP contribution in [0.2, 0.25) is 5.28 Å². The van der Waals surface area contributed by atoms with Crippen LogP contribution in [0.4, 0.5) is 11.5 Å². The lowest BCUT2D eigenvalue weighted by molar-refractivity contribution is 0.269. The molecule has 1 saturated carbocycles. The van der Waals surface area contributed by atoms with Gasteiger partial charge in [0.2, 0.25) is 5.28 Å². The highest BCUT2D eigenvalue weighted by Gasteiger charge is 2.44. The Morgan fingerprint density at radius 1 is 1.20 bits per heavy atom. The number of ether oxygens (including phenoxy) is 1. The summed E-state index contributed by atoms with van der Waals surface area (Å²) in [6, 6.07) is 10.0. The molecule has 25 heavy (non-hydrogen) atoms. The zero-order valence-corrected chi connectivity index (χ0v) is 14.0. The van der Waals surface area contributed by atoms with Crippen molar-refractivity contribution in [3.05, 3.63) is 48.1 Å². The number of nitriles is 1. The van der Waals surface area contributed by atoms with Crippen LogP contribution >= 0.6 is 11.6 Å². The summed E-state index contributed by atoms with van der Waals surface area (Å²) in [5.74, 6) is 1.45.